The predicted molar refractivity (Wildman–Crippen MR) is 131 cm³/mol. The molecular formula is C25H22ClFN4O2S. The minimum Gasteiger partial charge on any atom is -0.483 e. The number of benzene rings is 3. The Balaban J connectivity index is 1.47. The molecule has 0 aliphatic rings. The molecule has 0 bridgehead atoms. The first-order chi connectivity index (χ1) is 16.5. The van der Waals surface area contributed by atoms with Crippen LogP contribution in [0.3, 0.4) is 0 Å². The van der Waals surface area contributed by atoms with E-state index in [1.165, 1.54) is 17.8 Å². The number of aromatic nitrogens is 3. The predicted octanol–water partition coefficient (Wildman–Crippen LogP) is 5.61. The van der Waals surface area contributed by atoms with Crippen LogP contribution in [0.2, 0.25) is 5.02 Å². The molecule has 0 saturated carbocycles. The molecule has 4 aromatic rings. The van der Waals surface area contributed by atoms with E-state index in [1.54, 1.807) is 28.8 Å². The van der Waals surface area contributed by atoms with Gasteiger partial charge in [-0.25, -0.2) is 4.39 Å². The molecule has 1 N–H and O–H groups in total. The normalized spacial score (nSPS) is 11.7. The quantitative estimate of drug-likeness (QED) is 0.305. The van der Waals surface area contributed by atoms with Gasteiger partial charge in [0.2, 0.25) is 5.91 Å². The van der Waals surface area contributed by atoms with E-state index >= 15 is 0 Å². The molecule has 4 rings (SSSR count). The van der Waals surface area contributed by atoms with Gasteiger partial charge in [-0.2, -0.15) is 0 Å². The number of carbonyl (C=O) groups is 1. The van der Waals surface area contributed by atoms with Crippen molar-refractivity contribution in [2.75, 3.05) is 5.75 Å². The van der Waals surface area contributed by atoms with Crippen LogP contribution in [0.25, 0.3) is 5.69 Å². The first-order valence-electron chi connectivity index (χ1n) is 10.6. The lowest BCUT2D eigenvalue weighted by Gasteiger charge is -2.15. The zero-order chi connectivity index (χ0) is 23.9. The number of amides is 1. The summed E-state index contributed by atoms with van der Waals surface area (Å²) in [5.41, 5.74) is 1.74. The van der Waals surface area contributed by atoms with Crippen LogP contribution in [0.15, 0.2) is 84.0 Å². The molecule has 9 heteroatoms. The molecule has 0 aliphatic carbocycles. The van der Waals surface area contributed by atoms with Crippen LogP contribution >= 0.6 is 23.4 Å². The molecule has 0 radical (unpaired) electrons. The Morgan fingerprint density at radius 1 is 1.09 bits per heavy atom. The maximum absolute atomic E-state index is 14.0. The van der Waals surface area contributed by atoms with Gasteiger partial charge in [-0.3, -0.25) is 9.36 Å². The van der Waals surface area contributed by atoms with Crippen LogP contribution in [0.1, 0.15) is 24.4 Å². The van der Waals surface area contributed by atoms with Crippen molar-refractivity contribution in [3.8, 4) is 11.4 Å². The van der Waals surface area contributed by atoms with E-state index < -0.39 is 5.82 Å². The molecule has 0 saturated heterocycles. The second-order valence-corrected chi connectivity index (χ2v) is 8.80. The molecule has 0 spiro atoms. The fraction of sp³-hybridized carbons (Fsp3) is 0.160. The lowest BCUT2D eigenvalue weighted by Crippen LogP contribution is -2.28. The monoisotopic (exact) mass is 496 g/mol. The van der Waals surface area contributed by atoms with Crippen LogP contribution in [-0.2, 0) is 11.4 Å². The number of nitrogens with zero attached hydrogens (tertiary/aromatic N) is 3. The highest BCUT2D eigenvalue weighted by Gasteiger charge is 2.18. The molecule has 1 heterocycles. The molecule has 0 aliphatic heterocycles. The minimum absolute atomic E-state index is 0.0153. The average molecular weight is 497 g/mol. The number of carbonyl (C=O) groups excluding carboxylic acids is 1. The Labute approximate surface area is 206 Å². The molecule has 1 atom stereocenters. The Hall–Kier alpha value is -3.36. The van der Waals surface area contributed by atoms with E-state index in [4.69, 9.17) is 16.3 Å². The van der Waals surface area contributed by atoms with Gasteiger partial charge in [0.15, 0.2) is 22.5 Å². The molecular weight excluding hydrogens is 475 g/mol. The van der Waals surface area contributed by atoms with Crippen molar-refractivity contribution in [2.24, 2.45) is 0 Å². The van der Waals surface area contributed by atoms with Gasteiger partial charge in [0.1, 0.15) is 6.61 Å². The third-order valence-electron chi connectivity index (χ3n) is 4.97. The fourth-order valence-electron chi connectivity index (χ4n) is 3.30. The van der Waals surface area contributed by atoms with Crippen LogP contribution in [0.5, 0.6) is 5.75 Å². The Kier molecular flexibility index (Phi) is 7.82. The molecule has 34 heavy (non-hydrogen) atoms. The number of hydrogen-bond donors (Lipinski definition) is 1. The summed E-state index contributed by atoms with van der Waals surface area (Å²) >= 11 is 7.31. The first-order valence-corrected chi connectivity index (χ1v) is 11.9. The largest absolute Gasteiger partial charge is 0.483 e. The Morgan fingerprint density at radius 2 is 1.85 bits per heavy atom. The molecule has 174 valence electrons. The number of nitrogens with one attached hydrogen (secondary N) is 1. The molecule has 1 unspecified atom stereocenters. The van der Waals surface area contributed by atoms with E-state index in [-0.39, 0.29) is 30.1 Å². The Bertz CT molecular complexity index is 1270. The van der Waals surface area contributed by atoms with E-state index in [1.807, 2.05) is 55.5 Å². The Morgan fingerprint density at radius 3 is 2.62 bits per heavy atom. The van der Waals surface area contributed by atoms with Crippen molar-refractivity contribution < 1.29 is 13.9 Å². The zero-order valence-corrected chi connectivity index (χ0v) is 19.9. The van der Waals surface area contributed by atoms with Crippen LogP contribution in [0, 0.1) is 5.82 Å². The summed E-state index contributed by atoms with van der Waals surface area (Å²) in [7, 11) is 0. The summed E-state index contributed by atoms with van der Waals surface area (Å²) in [6.07, 6.45) is 0. The zero-order valence-electron chi connectivity index (χ0n) is 18.3. The average Bonchev–Trinajstić information content (AvgIpc) is 3.25. The van der Waals surface area contributed by atoms with E-state index in [0.29, 0.717) is 16.0 Å². The molecule has 1 amide bonds. The molecule has 0 fully saturated rings. The lowest BCUT2D eigenvalue weighted by molar-refractivity contribution is -0.119. The number of ether oxygens (including phenoxy) is 1. The minimum atomic E-state index is -0.451. The third-order valence-corrected chi connectivity index (χ3v) is 6.13. The van der Waals surface area contributed by atoms with Crippen LogP contribution in [0.4, 0.5) is 4.39 Å². The van der Waals surface area contributed by atoms with Gasteiger partial charge in [0.25, 0.3) is 0 Å². The van der Waals surface area contributed by atoms with E-state index in [2.05, 4.69) is 15.5 Å². The summed E-state index contributed by atoms with van der Waals surface area (Å²) in [6.45, 7) is 1.92. The van der Waals surface area contributed by atoms with Crippen LogP contribution < -0.4 is 10.1 Å². The van der Waals surface area contributed by atoms with Gasteiger partial charge >= 0.3 is 0 Å². The molecule has 6 nitrogen and oxygen atoms in total. The van der Waals surface area contributed by atoms with Crippen molar-refractivity contribution >= 4 is 29.3 Å². The lowest BCUT2D eigenvalue weighted by atomic mass is 10.1. The summed E-state index contributed by atoms with van der Waals surface area (Å²) in [4.78, 5) is 12.6. The van der Waals surface area contributed by atoms with Gasteiger partial charge < -0.3 is 10.1 Å². The SMILES string of the molecule is CC(NC(=O)CSc1nnc(COc2ccccc2F)n1-c1ccccc1)c1cccc(Cl)c1. The standard InChI is InChI=1S/C25H22ClFN4O2S/c1-17(18-8-7-9-19(26)14-18)28-24(32)16-34-25-30-29-23(31(25)20-10-3-2-4-11-20)15-33-22-13-6-5-12-21(22)27/h2-14,17H,15-16H2,1H3,(H,28,32). The van der Waals surface area contributed by atoms with Gasteiger partial charge in [-0.15, -0.1) is 10.2 Å². The fourth-order valence-corrected chi connectivity index (χ4v) is 4.28. The summed E-state index contributed by atoms with van der Waals surface area (Å²) in [5, 5.41) is 12.6. The van der Waals surface area contributed by atoms with Crippen LogP contribution in [-0.4, -0.2) is 26.4 Å². The van der Waals surface area contributed by atoms with Gasteiger partial charge in [0.05, 0.1) is 11.8 Å². The second kappa shape index (κ2) is 11.2. The second-order valence-electron chi connectivity index (χ2n) is 7.42. The number of thioether (sulfide) groups is 1. The van der Waals surface area contributed by atoms with Crippen molar-refractivity contribution in [1.82, 2.24) is 20.1 Å². The summed E-state index contributed by atoms with van der Waals surface area (Å²) in [5.74, 6) is 0.167. The van der Waals surface area contributed by atoms with E-state index in [9.17, 15) is 9.18 Å². The smallest absolute Gasteiger partial charge is 0.230 e. The topological polar surface area (TPSA) is 69.0 Å². The van der Waals surface area contributed by atoms with Crippen molar-refractivity contribution in [2.45, 2.75) is 24.7 Å². The van der Waals surface area contributed by atoms with Crippen molar-refractivity contribution in [1.29, 1.82) is 0 Å². The molecule has 1 aromatic heterocycles. The maximum Gasteiger partial charge on any atom is 0.230 e. The van der Waals surface area contributed by atoms with Gasteiger partial charge in [-0.1, -0.05) is 65.8 Å². The molecule has 3 aromatic carbocycles. The number of rotatable bonds is 9. The summed E-state index contributed by atoms with van der Waals surface area (Å²) < 4.78 is 21.4. The van der Waals surface area contributed by atoms with Gasteiger partial charge in [0, 0.05) is 10.7 Å². The number of halogens is 2. The highest BCUT2D eigenvalue weighted by molar-refractivity contribution is 7.99. The number of hydrogen-bond acceptors (Lipinski definition) is 5. The van der Waals surface area contributed by atoms with E-state index in [0.717, 1.165) is 11.3 Å². The maximum atomic E-state index is 14.0. The van der Waals surface area contributed by atoms with Gasteiger partial charge in [-0.05, 0) is 48.9 Å². The van der Waals surface area contributed by atoms with Crippen molar-refractivity contribution in [3.63, 3.8) is 0 Å². The summed E-state index contributed by atoms with van der Waals surface area (Å²) in [6, 6.07) is 22.9. The highest BCUT2D eigenvalue weighted by Crippen LogP contribution is 2.24. The third kappa shape index (κ3) is 5.95. The highest BCUT2D eigenvalue weighted by atomic mass is 35.5. The number of para-hydroxylation sites is 2. The van der Waals surface area contributed by atoms with Crippen molar-refractivity contribution in [3.05, 3.63) is 101 Å². The first kappa shape index (κ1) is 23.8.